The fraction of sp³-hybridized carbons (Fsp3) is 0.294. The van der Waals surface area contributed by atoms with E-state index in [1.807, 2.05) is 0 Å². The summed E-state index contributed by atoms with van der Waals surface area (Å²) in [4.78, 5) is 16.6. The van der Waals surface area contributed by atoms with Crippen molar-refractivity contribution in [1.82, 2.24) is 18.4 Å². The van der Waals surface area contributed by atoms with Gasteiger partial charge in [-0.15, -0.1) is 0 Å². The first-order valence-electron chi connectivity index (χ1n) is 8.28. The number of fused-ring (bicyclic) bond motifs is 1. The summed E-state index contributed by atoms with van der Waals surface area (Å²) in [5.41, 5.74) is 0.868. The Morgan fingerprint density at radius 2 is 1.96 bits per heavy atom. The maximum Gasteiger partial charge on any atom is 0.330 e. The van der Waals surface area contributed by atoms with E-state index in [0.29, 0.717) is 23.7 Å². The highest BCUT2D eigenvalue weighted by molar-refractivity contribution is 7.89. The van der Waals surface area contributed by atoms with E-state index >= 15 is 0 Å². The van der Waals surface area contributed by atoms with E-state index in [-0.39, 0.29) is 23.7 Å². The maximum absolute atomic E-state index is 13.5. The summed E-state index contributed by atoms with van der Waals surface area (Å²) in [5, 5.41) is 0. The lowest BCUT2D eigenvalue weighted by molar-refractivity contribution is 0.447. The van der Waals surface area contributed by atoms with E-state index in [9.17, 15) is 22.0 Å². The van der Waals surface area contributed by atoms with Crippen LogP contribution in [-0.2, 0) is 17.1 Å². The molecule has 1 aliphatic heterocycles. The molecule has 1 saturated heterocycles. The summed E-state index contributed by atoms with van der Waals surface area (Å²) >= 11 is 0. The molecule has 27 heavy (non-hydrogen) atoms. The van der Waals surface area contributed by atoms with Gasteiger partial charge in [-0.25, -0.2) is 27.0 Å². The molecule has 142 valence electrons. The number of hydrogen-bond donors (Lipinski definition) is 0. The molecule has 0 saturated carbocycles. The summed E-state index contributed by atoms with van der Waals surface area (Å²) < 4.78 is 56.2. The summed E-state index contributed by atoms with van der Waals surface area (Å²) in [6.07, 6.45) is 1.99. The van der Waals surface area contributed by atoms with Gasteiger partial charge in [-0.05, 0) is 36.8 Å². The fourth-order valence-electron chi connectivity index (χ4n) is 3.45. The third kappa shape index (κ3) is 2.76. The van der Waals surface area contributed by atoms with Gasteiger partial charge in [0.15, 0.2) is 17.3 Å². The Bertz CT molecular complexity index is 1200. The van der Waals surface area contributed by atoms with E-state index < -0.39 is 27.7 Å². The molecule has 1 aromatic carbocycles. The first-order chi connectivity index (χ1) is 12.8. The van der Waals surface area contributed by atoms with Crippen LogP contribution in [-0.4, -0.2) is 39.9 Å². The molecule has 1 aliphatic rings. The Labute approximate surface area is 153 Å². The van der Waals surface area contributed by atoms with Gasteiger partial charge in [0.25, 0.3) is 0 Å². The molecular formula is C17H16F2N4O3S. The molecule has 0 spiro atoms. The Balaban J connectivity index is 1.69. The molecule has 0 aliphatic carbocycles. The van der Waals surface area contributed by atoms with Crippen molar-refractivity contribution in [3.8, 4) is 0 Å². The lowest BCUT2D eigenvalue weighted by Crippen LogP contribution is -2.32. The van der Waals surface area contributed by atoms with Crippen molar-refractivity contribution < 1.29 is 17.2 Å². The highest BCUT2D eigenvalue weighted by Gasteiger charge is 2.35. The van der Waals surface area contributed by atoms with Gasteiger partial charge >= 0.3 is 5.69 Å². The van der Waals surface area contributed by atoms with Crippen LogP contribution < -0.4 is 5.69 Å². The third-order valence-electron chi connectivity index (χ3n) is 4.87. The van der Waals surface area contributed by atoms with Crippen molar-refractivity contribution in [2.24, 2.45) is 7.05 Å². The molecule has 3 aromatic rings. The summed E-state index contributed by atoms with van der Waals surface area (Å²) in [6, 6.07) is 5.59. The summed E-state index contributed by atoms with van der Waals surface area (Å²) in [5.74, 6) is -2.33. The normalized spacial score (nSPS) is 18.4. The zero-order valence-corrected chi connectivity index (χ0v) is 15.2. The molecule has 7 nitrogen and oxygen atoms in total. The third-order valence-corrected chi connectivity index (χ3v) is 6.73. The van der Waals surface area contributed by atoms with Gasteiger partial charge in [0.05, 0.1) is 16.5 Å². The van der Waals surface area contributed by atoms with Crippen LogP contribution in [0.5, 0.6) is 0 Å². The maximum atomic E-state index is 13.5. The lowest BCUT2D eigenvalue weighted by Gasteiger charge is -2.17. The molecule has 0 unspecified atom stereocenters. The van der Waals surface area contributed by atoms with E-state index in [1.54, 1.807) is 25.4 Å². The largest absolute Gasteiger partial charge is 0.330 e. The highest BCUT2D eigenvalue weighted by Crippen LogP contribution is 2.29. The monoisotopic (exact) mass is 394 g/mol. The Kier molecular flexibility index (Phi) is 4.11. The van der Waals surface area contributed by atoms with Gasteiger partial charge < -0.3 is 0 Å². The van der Waals surface area contributed by atoms with Gasteiger partial charge in [-0.2, -0.15) is 4.31 Å². The molecule has 2 aromatic heterocycles. The quantitative estimate of drug-likeness (QED) is 0.677. The van der Waals surface area contributed by atoms with Crippen LogP contribution in [0.2, 0.25) is 0 Å². The standard InChI is InChI=1S/C17H16F2N4O3S/c1-21-15-3-2-7-20-16(15)23(17(21)24)11-6-8-22(10-11)27(25,26)12-4-5-13(18)14(19)9-12/h2-5,7,9,11H,6,8,10H2,1H3/t11-/m1/s1. The molecule has 3 heterocycles. The molecule has 1 atom stereocenters. The van der Waals surface area contributed by atoms with Crippen LogP contribution in [0.4, 0.5) is 8.78 Å². The minimum Gasteiger partial charge on any atom is -0.293 e. The number of rotatable bonds is 3. The predicted octanol–water partition coefficient (Wildman–Crippen LogP) is 1.65. The van der Waals surface area contributed by atoms with Crippen molar-refractivity contribution in [1.29, 1.82) is 0 Å². The molecule has 1 fully saturated rings. The van der Waals surface area contributed by atoms with E-state index in [0.717, 1.165) is 12.1 Å². The van der Waals surface area contributed by atoms with Crippen LogP contribution >= 0.6 is 0 Å². The molecule has 0 amide bonds. The van der Waals surface area contributed by atoms with Crippen LogP contribution in [0.1, 0.15) is 12.5 Å². The number of pyridine rings is 1. The van der Waals surface area contributed by atoms with Gasteiger partial charge in [0.2, 0.25) is 10.0 Å². The van der Waals surface area contributed by atoms with Crippen LogP contribution in [0.25, 0.3) is 11.2 Å². The highest BCUT2D eigenvalue weighted by atomic mass is 32.2. The second kappa shape index (κ2) is 6.24. The molecule has 4 rings (SSSR count). The predicted molar refractivity (Wildman–Crippen MR) is 93.7 cm³/mol. The topological polar surface area (TPSA) is 77.2 Å². The van der Waals surface area contributed by atoms with Crippen LogP contribution in [0.3, 0.4) is 0 Å². The van der Waals surface area contributed by atoms with E-state index in [2.05, 4.69) is 4.98 Å². The second-order valence-electron chi connectivity index (χ2n) is 6.44. The molecule has 0 radical (unpaired) electrons. The zero-order valence-electron chi connectivity index (χ0n) is 14.3. The van der Waals surface area contributed by atoms with Crippen molar-refractivity contribution in [2.45, 2.75) is 17.4 Å². The Hall–Kier alpha value is -2.59. The molecule has 0 bridgehead atoms. The average molecular weight is 394 g/mol. The van der Waals surface area contributed by atoms with Crippen molar-refractivity contribution in [2.75, 3.05) is 13.1 Å². The van der Waals surface area contributed by atoms with Gasteiger partial charge in [-0.3, -0.25) is 9.13 Å². The smallest absolute Gasteiger partial charge is 0.293 e. The first kappa shape index (κ1) is 17.8. The fourth-order valence-corrected chi connectivity index (χ4v) is 4.95. The first-order valence-corrected chi connectivity index (χ1v) is 9.72. The van der Waals surface area contributed by atoms with Crippen molar-refractivity contribution in [3.05, 3.63) is 58.6 Å². The number of halogens is 2. The van der Waals surface area contributed by atoms with Crippen LogP contribution in [0.15, 0.2) is 46.2 Å². The van der Waals surface area contributed by atoms with Gasteiger partial charge in [0.1, 0.15) is 0 Å². The van der Waals surface area contributed by atoms with Gasteiger partial charge in [0, 0.05) is 26.3 Å². The van der Waals surface area contributed by atoms with Gasteiger partial charge in [-0.1, -0.05) is 0 Å². The van der Waals surface area contributed by atoms with E-state index in [4.69, 9.17) is 0 Å². The van der Waals surface area contributed by atoms with Crippen molar-refractivity contribution >= 4 is 21.2 Å². The number of sulfonamides is 1. The number of aromatic nitrogens is 3. The SMILES string of the molecule is Cn1c(=O)n([C@@H]2CCN(S(=O)(=O)c3ccc(F)c(F)c3)C2)c2ncccc21. The van der Waals surface area contributed by atoms with Crippen molar-refractivity contribution in [3.63, 3.8) is 0 Å². The Morgan fingerprint density at radius 3 is 2.70 bits per heavy atom. The molecule has 0 N–H and O–H groups in total. The Morgan fingerprint density at radius 1 is 1.19 bits per heavy atom. The summed E-state index contributed by atoms with van der Waals surface area (Å²) in [7, 11) is -2.36. The summed E-state index contributed by atoms with van der Waals surface area (Å²) in [6.45, 7) is 0.221. The molecular weight excluding hydrogens is 378 g/mol. The number of benzene rings is 1. The lowest BCUT2D eigenvalue weighted by atomic mass is 10.2. The minimum absolute atomic E-state index is 0.0525. The number of aryl methyl sites for hydroxylation is 1. The number of hydrogen-bond acceptors (Lipinski definition) is 4. The zero-order chi connectivity index (χ0) is 19.3. The second-order valence-corrected chi connectivity index (χ2v) is 8.38. The molecule has 10 heteroatoms. The van der Waals surface area contributed by atoms with E-state index in [1.165, 1.54) is 13.4 Å². The minimum atomic E-state index is -3.99. The number of imidazole rings is 1. The average Bonchev–Trinajstić information content (AvgIpc) is 3.22. The number of nitrogens with zero attached hydrogens (tertiary/aromatic N) is 4. The van der Waals surface area contributed by atoms with Crippen LogP contribution in [0, 0.1) is 11.6 Å².